The second-order valence-corrected chi connectivity index (χ2v) is 3.75. The average Bonchev–Trinajstić information content (AvgIpc) is 2.73. The van der Waals surface area contributed by atoms with E-state index in [0.717, 1.165) is 22.2 Å². The maximum atomic E-state index is 12.7. The maximum Gasteiger partial charge on any atom is 0.212 e. The Bertz CT molecular complexity index is 673. The van der Waals surface area contributed by atoms with Gasteiger partial charge in [-0.15, -0.1) is 0 Å². The molecule has 17 heavy (non-hydrogen) atoms. The van der Waals surface area contributed by atoms with Crippen molar-refractivity contribution in [2.45, 2.75) is 0 Å². The lowest BCUT2D eigenvalue weighted by Gasteiger charge is -1.98. The van der Waals surface area contributed by atoms with Crippen LogP contribution in [0.1, 0.15) is 0 Å². The average molecular weight is 228 g/mol. The van der Waals surface area contributed by atoms with Gasteiger partial charge in [-0.05, 0) is 30.3 Å². The molecule has 84 valence electrons. The number of aromatic amines is 1. The van der Waals surface area contributed by atoms with E-state index in [0.29, 0.717) is 5.69 Å². The molecule has 1 aromatic carbocycles. The highest BCUT2D eigenvalue weighted by atomic mass is 19.1. The van der Waals surface area contributed by atoms with Crippen LogP contribution in [-0.4, -0.2) is 15.2 Å². The molecular formula is C12H9FN4. The molecule has 0 radical (unpaired) electrons. The lowest BCUT2D eigenvalue weighted by atomic mass is 10.1. The molecule has 0 saturated carbocycles. The fourth-order valence-corrected chi connectivity index (χ4v) is 1.77. The molecule has 3 N–H and O–H groups in total. The first kappa shape index (κ1) is 9.77. The predicted octanol–water partition coefficient (Wildman–Crippen LogP) is 2.35. The number of nitrogen functional groups attached to an aromatic ring is 1. The first-order valence-electron chi connectivity index (χ1n) is 5.09. The third-order valence-corrected chi connectivity index (χ3v) is 2.59. The second-order valence-electron chi connectivity index (χ2n) is 3.75. The normalized spacial score (nSPS) is 10.9. The van der Waals surface area contributed by atoms with Crippen molar-refractivity contribution >= 4 is 16.6 Å². The van der Waals surface area contributed by atoms with E-state index in [1.807, 2.05) is 12.1 Å². The van der Waals surface area contributed by atoms with E-state index >= 15 is 0 Å². The van der Waals surface area contributed by atoms with E-state index in [4.69, 9.17) is 5.73 Å². The van der Waals surface area contributed by atoms with Crippen LogP contribution in [0.25, 0.3) is 22.2 Å². The number of aromatic nitrogens is 3. The van der Waals surface area contributed by atoms with Gasteiger partial charge in [0.1, 0.15) is 5.69 Å². The number of H-pyrrole nitrogens is 1. The molecule has 2 heterocycles. The molecule has 0 bridgehead atoms. The summed E-state index contributed by atoms with van der Waals surface area (Å²) in [7, 11) is 0. The summed E-state index contributed by atoms with van der Waals surface area (Å²) in [6.45, 7) is 0. The van der Waals surface area contributed by atoms with Gasteiger partial charge in [0.25, 0.3) is 0 Å². The lowest BCUT2D eigenvalue weighted by molar-refractivity contribution is 0.584. The molecule has 3 aromatic rings. The topological polar surface area (TPSA) is 67.6 Å². The number of anilines is 1. The zero-order valence-corrected chi connectivity index (χ0v) is 8.81. The summed E-state index contributed by atoms with van der Waals surface area (Å²) >= 11 is 0. The van der Waals surface area contributed by atoms with E-state index in [-0.39, 0.29) is 0 Å². The van der Waals surface area contributed by atoms with E-state index in [9.17, 15) is 4.39 Å². The smallest absolute Gasteiger partial charge is 0.212 e. The highest BCUT2D eigenvalue weighted by Crippen LogP contribution is 2.27. The summed E-state index contributed by atoms with van der Waals surface area (Å²) in [5, 5.41) is 8.00. The number of halogens is 1. The van der Waals surface area contributed by atoms with Crippen LogP contribution in [0.3, 0.4) is 0 Å². The summed E-state index contributed by atoms with van der Waals surface area (Å²) in [5.41, 5.74) is 8.76. The Morgan fingerprint density at radius 1 is 1.18 bits per heavy atom. The molecule has 4 nitrogen and oxygen atoms in total. The van der Waals surface area contributed by atoms with Crippen LogP contribution in [0.5, 0.6) is 0 Å². The van der Waals surface area contributed by atoms with Crippen molar-refractivity contribution in [3.63, 3.8) is 0 Å². The summed E-state index contributed by atoms with van der Waals surface area (Å²) in [4.78, 5) is 3.61. The Hall–Kier alpha value is -2.43. The van der Waals surface area contributed by atoms with Crippen LogP contribution in [0.4, 0.5) is 10.1 Å². The molecule has 0 aliphatic rings. The number of hydrogen-bond acceptors (Lipinski definition) is 3. The fraction of sp³-hybridized carbons (Fsp3) is 0. The van der Waals surface area contributed by atoms with Crippen molar-refractivity contribution in [1.29, 1.82) is 0 Å². The van der Waals surface area contributed by atoms with Crippen molar-refractivity contribution in [2.24, 2.45) is 0 Å². The van der Waals surface area contributed by atoms with Crippen molar-refractivity contribution in [1.82, 2.24) is 15.2 Å². The third kappa shape index (κ3) is 1.61. The Kier molecular flexibility index (Phi) is 2.04. The van der Waals surface area contributed by atoms with Gasteiger partial charge in [-0.2, -0.15) is 9.49 Å². The van der Waals surface area contributed by atoms with Crippen LogP contribution in [0.15, 0.2) is 36.5 Å². The molecule has 0 aliphatic carbocycles. The van der Waals surface area contributed by atoms with Crippen LogP contribution in [0, 0.1) is 5.95 Å². The minimum atomic E-state index is -0.506. The van der Waals surface area contributed by atoms with Gasteiger partial charge < -0.3 is 5.73 Å². The minimum absolute atomic E-state index is 0.506. The summed E-state index contributed by atoms with van der Waals surface area (Å²) in [6.07, 6.45) is 1.45. The zero-order valence-electron chi connectivity index (χ0n) is 8.81. The number of nitrogens with one attached hydrogen (secondary N) is 1. The van der Waals surface area contributed by atoms with E-state index < -0.39 is 5.95 Å². The molecule has 0 atom stereocenters. The molecule has 0 saturated heterocycles. The Morgan fingerprint density at radius 2 is 2.06 bits per heavy atom. The Morgan fingerprint density at radius 3 is 2.82 bits per heavy atom. The fourth-order valence-electron chi connectivity index (χ4n) is 1.77. The molecular weight excluding hydrogens is 219 g/mol. The van der Waals surface area contributed by atoms with Crippen LogP contribution in [0.2, 0.25) is 0 Å². The summed E-state index contributed by atoms with van der Waals surface area (Å²) in [6, 6.07) is 8.44. The number of pyridine rings is 1. The number of nitrogens with two attached hydrogens (primary N) is 1. The molecule has 0 amide bonds. The standard InChI is InChI=1S/C12H9FN4/c13-11-4-1-7(6-15-11)12-9-5-8(14)2-3-10(9)16-17-12/h1-6H,14H2,(H,16,17). The van der Waals surface area contributed by atoms with Gasteiger partial charge in [-0.1, -0.05) is 0 Å². The quantitative estimate of drug-likeness (QED) is 0.496. The molecule has 0 spiro atoms. The highest BCUT2D eigenvalue weighted by Gasteiger charge is 2.08. The molecule has 5 heteroatoms. The van der Waals surface area contributed by atoms with Crippen molar-refractivity contribution < 1.29 is 4.39 Å². The number of benzene rings is 1. The van der Waals surface area contributed by atoms with Gasteiger partial charge in [-0.25, -0.2) is 4.98 Å². The predicted molar refractivity (Wildman–Crippen MR) is 63.7 cm³/mol. The summed E-state index contributed by atoms with van der Waals surface area (Å²) in [5.74, 6) is -0.506. The molecule has 0 fully saturated rings. The van der Waals surface area contributed by atoms with Crippen LogP contribution < -0.4 is 5.73 Å². The Labute approximate surface area is 96.3 Å². The Balaban J connectivity index is 2.23. The van der Waals surface area contributed by atoms with Gasteiger partial charge in [0.15, 0.2) is 0 Å². The third-order valence-electron chi connectivity index (χ3n) is 2.59. The zero-order chi connectivity index (χ0) is 11.8. The van der Waals surface area contributed by atoms with Crippen LogP contribution >= 0.6 is 0 Å². The molecule has 0 aliphatic heterocycles. The molecule has 2 aromatic heterocycles. The number of rotatable bonds is 1. The van der Waals surface area contributed by atoms with E-state index in [1.54, 1.807) is 12.1 Å². The van der Waals surface area contributed by atoms with Gasteiger partial charge in [-0.3, -0.25) is 5.10 Å². The van der Waals surface area contributed by atoms with Gasteiger partial charge in [0.2, 0.25) is 5.95 Å². The number of fused-ring (bicyclic) bond motifs is 1. The SMILES string of the molecule is Nc1ccc2[nH]nc(-c3ccc(F)nc3)c2c1. The van der Waals surface area contributed by atoms with Gasteiger partial charge in [0.05, 0.1) is 5.52 Å². The van der Waals surface area contributed by atoms with E-state index in [2.05, 4.69) is 15.2 Å². The van der Waals surface area contributed by atoms with Crippen molar-refractivity contribution in [3.8, 4) is 11.3 Å². The lowest BCUT2D eigenvalue weighted by Crippen LogP contribution is -1.85. The second kappa shape index (κ2) is 3.55. The monoisotopic (exact) mass is 228 g/mol. The van der Waals surface area contributed by atoms with Gasteiger partial charge >= 0.3 is 0 Å². The molecule has 0 unspecified atom stereocenters. The van der Waals surface area contributed by atoms with Gasteiger partial charge in [0, 0.05) is 22.8 Å². The number of nitrogens with zero attached hydrogens (tertiary/aromatic N) is 2. The van der Waals surface area contributed by atoms with E-state index in [1.165, 1.54) is 12.3 Å². The summed E-state index contributed by atoms with van der Waals surface area (Å²) < 4.78 is 12.7. The van der Waals surface area contributed by atoms with Crippen LogP contribution in [-0.2, 0) is 0 Å². The van der Waals surface area contributed by atoms with Crippen molar-refractivity contribution in [2.75, 3.05) is 5.73 Å². The molecule has 3 rings (SSSR count). The minimum Gasteiger partial charge on any atom is -0.399 e. The first-order chi connectivity index (χ1) is 8.24. The maximum absolute atomic E-state index is 12.7. The first-order valence-corrected chi connectivity index (χ1v) is 5.09. The number of hydrogen-bond donors (Lipinski definition) is 2. The van der Waals surface area contributed by atoms with Crippen molar-refractivity contribution in [3.05, 3.63) is 42.5 Å². The highest BCUT2D eigenvalue weighted by molar-refractivity contribution is 5.94. The largest absolute Gasteiger partial charge is 0.399 e.